The average Bonchev–Trinajstić information content (AvgIpc) is 2.75. The van der Waals surface area contributed by atoms with Gasteiger partial charge in [0.05, 0.1) is 27.7 Å². The Morgan fingerprint density at radius 3 is 2.71 bits per heavy atom. The van der Waals surface area contributed by atoms with Gasteiger partial charge in [-0.3, -0.25) is 14.1 Å². The minimum absolute atomic E-state index is 0.227. The summed E-state index contributed by atoms with van der Waals surface area (Å²) in [4.78, 5) is 21.4. The highest BCUT2D eigenvalue weighted by atomic mass is 79.9. The molecule has 0 aliphatic carbocycles. The Labute approximate surface area is 187 Å². The Balaban J connectivity index is 1.80. The van der Waals surface area contributed by atoms with E-state index in [1.807, 2.05) is 0 Å². The number of rotatable bonds is 5. The van der Waals surface area contributed by atoms with Crippen LogP contribution in [0, 0.1) is 12.7 Å². The molecule has 0 aliphatic rings. The predicted molar refractivity (Wildman–Crippen MR) is 121 cm³/mol. The molecule has 1 N–H and O–H groups in total. The summed E-state index contributed by atoms with van der Waals surface area (Å²) in [6, 6.07) is 12.3. The fraction of sp³-hybridized carbons (Fsp3) is 0.0952. The fourth-order valence-electron chi connectivity index (χ4n) is 3.11. The monoisotopic (exact) mass is 502 g/mol. The summed E-state index contributed by atoms with van der Waals surface area (Å²) < 4.78 is 36.8. The summed E-state index contributed by atoms with van der Waals surface area (Å²) in [6.07, 6.45) is 1.58. The number of fused-ring (bicyclic) bond motifs is 1. The molecular formula is C21H16BrFN4O3S. The maximum atomic E-state index is 14.2. The number of halogens is 2. The number of methoxy groups -OCH3 is 1. The van der Waals surface area contributed by atoms with E-state index in [1.54, 1.807) is 43.5 Å². The minimum Gasteiger partial charge on any atom is -0.495 e. The van der Waals surface area contributed by atoms with E-state index in [0.29, 0.717) is 33.2 Å². The molecule has 2 heterocycles. The van der Waals surface area contributed by atoms with Crippen molar-refractivity contribution in [1.82, 2.24) is 14.5 Å². The lowest BCUT2D eigenvalue weighted by atomic mass is 10.2. The number of hydrogen-bond donors (Lipinski definition) is 1. The van der Waals surface area contributed by atoms with E-state index in [9.17, 15) is 13.4 Å². The maximum absolute atomic E-state index is 14.2. The Morgan fingerprint density at radius 1 is 1.16 bits per heavy atom. The molecule has 1 unspecified atom stereocenters. The summed E-state index contributed by atoms with van der Waals surface area (Å²) in [5.41, 5.74) is 0.435. The number of aromatic nitrogens is 3. The van der Waals surface area contributed by atoms with Crippen LogP contribution in [0.3, 0.4) is 0 Å². The molecule has 0 bridgehead atoms. The van der Waals surface area contributed by atoms with Crippen molar-refractivity contribution in [3.05, 3.63) is 81.2 Å². The van der Waals surface area contributed by atoms with E-state index in [-0.39, 0.29) is 15.7 Å². The van der Waals surface area contributed by atoms with Gasteiger partial charge in [0.15, 0.2) is 11.0 Å². The van der Waals surface area contributed by atoms with Crippen LogP contribution < -0.4 is 15.0 Å². The first-order chi connectivity index (χ1) is 14.9. The van der Waals surface area contributed by atoms with Gasteiger partial charge in [-0.25, -0.2) is 18.6 Å². The second-order valence-corrected chi connectivity index (χ2v) is 8.59. The first kappa shape index (κ1) is 21.1. The third-order valence-electron chi connectivity index (χ3n) is 4.52. The SMILES string of the molecule is COc1cc(Br)c(F)cc1-n1c(=O)ccc2cc(S(=O)Nc3ccnc(C)n3)ccc21. The van der Waals surface area contributed by atoms with Crippen molar-refractivity contribution in [2.24, 2.45) is 0 Å². The molecule has 31 heavy (non-hydrogen) atoms. The van der Waals surface area contributed by atoms with Gasteiger partial charge in [0, 0.05) is 23.7 Å². The molecule has 0 saturated carbocycles. The highest BCUT2D eigenvalue weighted by Crippen LogP contribution is 2.31. The van der Waals surface area contributed by atoms with Gasteiger partial charge in [0.2, 0.25) is 0 Å². The third kappa shape index (κ3) is 4.21. The predicted octanol–water partition coefficient (Wildman–Crippen LogP) is 4.13. The van der Waals surface area contributed by atoms with Crippen molar-refractivity contribution in [3.63, 3.8) is 0 Å². The van der Waals surface area contributed by atoms with Crippen LogP contribution in [0.2, 0.25) is 0 Å². The second kappa shape index (κ2) is 8.56. The van der Waals surface area contributed by atoms with E-state index in [4.69, 9.17) is 4.74 Å². The smallest absolute Gasteiger partial charge is 0.255 e. The van der Waals surface area contributed by atoms with Crippen molar-refractivity contribution in [2.75, 3.05) is 11.8 Å². The molecule has 4 aromatic rings. The van der Waals surface area contributed by atoms with Crippen LogP contribution >= 0.6 is 15.9 Å². The molecule has 4 rings (SSSR count). The standard InChI is InChI=1S/C21H16BrFN4O3S/c1-12-24-8-7-20(25-12)26-31(29)14-4-5-17-13(9-14)3-6-21(28)27(17)18-11-16(23)15(22)10-19(18)30-2/h3-11H,1-2H3,(H,24,25,26). The third-order valence-corrected chi connectivity index (χ3v) is 6.20. The number of benzene rings is 2. The van der Waals surface area contributed by atoms with Crippen LogP contribution in [0.15, 0.2) is 68.9 Å². The first-order valence-corrected chi connectivity index (χ1v) is 11.0. The van der Waals surface area contributed by atoms with E-state index < -0.39 is 16.8 Å². The molecule has 0 radical (unpaired) electrons. The van der Waals surface area contributed by atoms with Crippen LogP contribution in [-0.2, 0) is 11.0 Å². The molecule has 2 aromatic carbocycles. The van der Waals surface area contributed by atoms with Crippen molar-refractivity contribution in [1.29, 1.82) is 0 Å². The number of hydrogen-bond acceptors (Lipinski definition) is 5. The number of anilines is 1. The molecule has 0 amide bonds. The summed E-state index contributed by atoms with van der Waals surface area (Å²) in [5.74, 6) is 0.796. The van der Waals surface area contributed by atoms with Gasteiger partial charge in [0.25, 0.3) is 5.56 Å². The van der Waals surface area contributed by atoms with Crippen LogP contribution in [0.1, 0.15) is 5.82 Å². The van der Waals surface area contributed by atoms with Gasteiger partial charge >= 0.3 is 0 Å². The Morgan fingerprint density at radius 2 is 1.97 bits per heavy atom. The van der Waals surface area contributed by atoms with Gasteiger partial charge in [-0.2, -0.15) is 0 Å². The normalized spacial score (nSPS) is 12.0. The van der Waals surface area contributed by atoms with Crippen LogP contribution in [0.25, 0.3) is 16.6 Å². The van der Waals surface area contributed by atoms with Gasteiger partial charge in [-0.15, -0.1) is 0 Å². The Kier molecular flexibility index (Phi) is 5.84. The summed E-state index contributed by atoms with van der Waals surface area (Å²) >= 11 is 3.13. The van der Waals surface area contributed by atoms with Crippen molar-refractivity contribution < 1.29 is 13.3 Å². The Bertz CT molecular complexity index is 1390. The topological polar surface area (TPSA) is 86.1 Å². The molecule has 1 atom stereocenters. The lowest BCUT2D eigenvalue weighted by molar-refractivity contribution is 0.411. The van der Waals surface area contributed by atoms with Gasteiger partial charge < -0.3 is 4.74 Å². The fourth-order valence-corrected chi connectivity index (χ4v) is 4.28. The largest absolute Gasteiger partial charge is 0.495 e. The van der Waals surface area contributed by atoms with Crippen LogP contribution in [0.5, 0.6) is 5.75 Å². The van der Waals surface area contributed by atoms with E-state index in [1.165, 1.54) is 29.9 Å². The molecule has 0 saturated heterocycles. The lowest BCUT2D eigenvalue weighted by Gasteiger charge is -2.15. The summed E-state index contributed by atoms with van der Waals surface area (Å²) in [5, 5.41) is 0.650. The van der Waals surface area contributed by atoms with Gasteiger partial charge in [0.1, 0.15) is 23.2 Å². The van der Waals surface area contributed by atoms with Crippen LogP contribution in [0.4, 0.5) is 10.2 Å². The van der Waals surface area contributed by atoms with E-state index in [2.05, 4.69) is 30.6 Å². The van der Waals surface area contributed by atoms with Crippen LogP contribution in [-0.4, -0.2) is 25.9 Å². The van der Waals surface area contributed by atoms with E-state index in [0.717, 1.165) is 0 Å². The summed E-state index contributed by atoms with van der Waals surface area (Å²) in [7, 11) is -0.141. The summed E-state index contributed by atoms with van der Waals surface area (Å²) in [6.45, 7) is 1.74. The molecule has 10 heteroatoms. The highest BCUT2D eigenvalue weighted by Gasteiger charge is 2.15. The number of ether oxygens (including phenoxy) is 1. The number of nitrogens with zero attached hydrogens (tertiary/aromatic N) is 3. The zero-order valence-electron chi connectivity index (χ0n) is 16.4. The first-order valence-electron chi connectivity index (χ1n) is 9.04. The molecule has 2 aromatic heterocycles. The maximum Gasteiger partial charge on any atom is 0.255 e. The zero-order valence-corrected chi connectivity index (χ0v) is 18.8. The van der Waals surface area contributed by atoms with Crippen molar-refractivity contribution in [2.45, 2.75) is 11.8 Å². The van der Waals surface area contributed by atoms with Gasteiger partial charge in [-0.1, -0.05) is 0 Å². The van der Waals surface area contributed by atoms with Crippen molar-refractivity contribution >= 4 is 43.6 Å². The number of nitrogens with one attached hydrogen (secondary N) is 1. The van der Waals surface area contributed by atoms with Crippen molar-refractivity contribution in [3.8, 4) is 11.4 Å². The average molecular weight is 503 g/mol. The molecular weight excluding hydrogens is 487 g/mol. The Hall–Kier alpha value is -3.11. The minimum atomic E-state index is -1.59. The molecule has 0 aliphatic heterocycles. The zero-order chi connectivity index (χ0) is 22.1. The lowest BCUT2D eigenvalue weighted by Crippen LogP contribution is -2.18. The van der Waals surface area contributed by atoms with Gasteiger partial charge in [-0.05, 0) is 59.3 Å². The molecule has 7 nitrogen and oxygen atoms in total. The van der Waals surface area contributed by atoms with E-state index >= 15 is 0 Å². The molecule has 158 valence electrons. The number of aryl methyl sites for hydroxylation is 1. The molecule has 0 fully saturated rings. The molecule has 0 spiro atoms. The second-order valence-electron chi connectivity index (χ2n) is 6.53. The highest BCUT2D eigenvalue weighted by molar-refractivity contribution is 9.10. The number of pyridine rings is 1. The quantitative estimate of drug-likeness (QED) is 0.443.